The van der Waals surface area contributed by atoms with E-state index in [0.29, 0.717) is 0 Å². The minimum Gasteiger partial charge on any atom is -0.379 e. The van der Waals surface area contributed by atoms with Crippen molar-refractivity contribution in [2.75, 3.05) is 39.4 Å². The molecule has 0 unspecified atom stereocenters. The summed E-state index contributed by atoms with van der Waals surface area (Å²) in [6, 6.07) is 18.9. The number of carbonyl (C=O) groups excluding carboxylic acids is 1. The molecule has 0 aromatic heterocycles. The number of morpholine rings is 1. The zero-order valence-electron chi connectivity index (χ0n) is 17.3. The van der Waals surface area contributed by atoms with Crippen LogP contribution in [0.1, 0.15) is 40.7 Å². The lowest BCUT2D eigenvalue weighted by molar-refractivity contribution is 0.0341. The first kappa shape index (κ1) is 20.1. The van der Waals surface area contributed by atoms with Crippen LogP contribution in [0.25, 0.3) is 0 Å². The van der Waals surface area contributed by atoms with E-state index in [1.165, 1.54) is 17.5 Å². The van der Waals surface area contributed by atoms with Crippen LogP contribution in [0, 0.1) is 5.92 Å². The standard InChI is InChI=1S/C25H32N2O2/c28-25(24-8-4-7-23(19-24)20-26-15-17-29-18-16-26)27-13-11-22(12-14-27)10-9-21-5-2-1-3-6-21/h1-8,19,22H,9-18,20H2. The van der Waals surface area contributed by atoms with Crippen LogP contribution in [0.15, 0.2) is 54.6 Å². The number of rotatable bonds is 6. The lowest BCUT2D eigenvalue weighted by atomic mass is 9.90. The predicted molar refractivity (Wildman–Crippen MR) is 116 cm³/mol. The fourth-order valence-corrected chi connectivity index (χ4v) is 4.44. The van der Waals surface area contributed by atoms with Gasteiger partial charge in [-0.1, -0.05) is 42.5 Å². The number of likely N-dealkylation sites (tertiary alicyclic amines) is 1. The van der Waals surface area contributed by atoms with Gasteiger partial charge in [-0.2, -0.15) is 0 Å². The Balaban J connectivity index is 1.27. The molecule has 2 heterocycles. The first-order valence-corrected chi connectivity index (χ1v) is 11.0. The summed E-state index contributed by atoms with van der Waals surface area (Å²) < 4.78 is 5.43. The van der Waals surface area contributed by atoms with Crippen molar-refractivity contribution >= 4 is 5.91 Å². The maximum absolute atomic E-state index is 13.0. The number of ether oxygens (including phenoxy) is 1. The molecule has 0 atom stereocenters. The molecule has 0 aliphatic carbocycles. The maximum Gasteiger partial charge on any atom is 0.253 e. The number of benzene rings is 2. The summed E-state index contributed by atoms with van der Waals surface area (Å²) in [5, 5.41) is 0. The predicted octanol–water partition coefficient (Wildman–Crippen LogP) is 4.00. The first-order chi connectivity index (χ1) is 14.3. The average Bonchev–Trinajstić information content (AvgIpc) is 2.79. The first-order valence-electron chi connectivity index (χ1n) is 11.0. The summed E-state index contributed by atoms with van der Waals surface area (Å²) >= 11 is 0. The Labute approximate surface area is 174 Å². The number of carbonyl (C=O) groups is 1. The SMILES string of the molecule is O=C(c1cccc(CN2CCOCC2)c1)N1CCC(CCc2ccccc2)CC1. The van der Waals surface area contributed by atoms with Crippen molar-refractivity contribution in [1.29, 1.82) is 0 Å². The van der Waals surface area contributed by atoms with Crippen LogP contribution in [-0.2, 0) is 17.7 Å². The van der Waals surface area contributed by atoms with E-state index in [0.717, 1.165) is 76.7 Å². The fourth-order valence-electron chi connectivity index (χ4n) is 4.44. The zero-order valence-corrected chi connectivity index (χ0v) is 17.3. The minimum absolute atomic E-state index is 0.190. The Kier molecular flexibility index (Phi) is 6.96. The normalized spacial score (nSPS) is 18.7. The molecule has 2 aromatic rings. The summed E-state index contributed by atoms with van der Waals surface area (Å²) in [5.41, 5.74) is 3.47. The van der Waals surface area contributed by atoms with E-state index < -0.39 is 0 Å². The number of nitrogens with zero attached hydrogens (tertiary/aromatic N) is 2. The molecule has 0 radical (unpaired) electrons. The molecule has 2 aromatic carbocycles. The van der Waals surface area contributed by atoms with Crippen LogP contribution in [-0.4, -0.2) is 55.1 Å². The third-order valence-electron chi connectivity index (χ3n) is 6.27. The van der Waals surface area contributed by atoms with Gasteiger partial charge in [-0.05, 0) is 54.9 Å². The summed E-state index contributed by atoms with van der Waals surface area (Å²) in [6.07, 6.45) is 4.60. The molecule has 4 heteroatoms. The van der Waals surface area contributed by atoms with Gasteiger partial charge in [0.25, 0.3) is 5.91 Å². The molecule has 4 rings (SSSR count). The van der Waals surface area contributed by atoms with E-state index in [1.54, 1.807) is 0 Å². The van der Waals surface area contributed by atoms with E-state index in [-0.39, 0.29) is 5.91 Å². The van der Waals surface area contributed by atoms with E-state index in [4.69, 9.17) is 4.74 Å². The molecule has 0 bridgehead atoms. The second kappa shape index (κ2) is 10.0. The molecule has 2 aliphatic rings. The van der Waals surface area contributed by atoms with Crippen molar-refractivity contribution in [3.8, 4) is 0 Å². The molecule has 0 spiro atoms. The highest BCUT2D eigenvalue weighted by Gasteiger charge is 2.23. The van der Waals surface area contributed by atoms with Crippen molar-refractivity contribution in [2.45, 2.75) is 32.2 Å². The topological polar surface area (TPSA) is 32.8 Å². The summed E-state index contributed by atoms with van der Waals surface area (Å²) in [6.45, 7) is 6.20. The van der Waals surface area contributed by atoms with Crippen LogP contribution in [0.3, 0.4) is 0 Å². The van der Waals surface area contributed by atoms with E-state index in [1.807, 2.05) is 17.0 Å². The van der Waals surface area contributed by atoms with Gasteiger partial charge in [-0.3, -0.25) is 9.69 Å². The minimum atomic E-state index is 0.190. The van der Waals surface area contributed by atoms with E-state index in [2.05, 4.69) is 47.4 Å². The molecule has 2 saturated heterocycles. The molecule has 0 saturated carbocycles. The zero-order chi connectivity index (χ0) is 19.9. The molecule has 154 valence electrons. The molecular weight excluding hydrogens is 360 g/mol. The molecule has 4 nitrogen and oxygen atoms in total. The number of hydrogen-bond acceptors (Lipinski definition) is 3. The lowest BCUT2D eigenvalue weighted by Crippen LogP contribution is -2.38. The largest absolute Gasteiger partial charge is 0.379 e. The maximum atomic E-state index is 13.0. The van der Waals surface area contributed by atoms with Gasteiger partial charge in [-0.25, -0.2) is 0 Å². The number of hydrogen-bond donors (Lipinski definition) is 0. The Hall–Kier alpha value is -2.17. The highest BCUT2D eigenvalue weighted by molar-refractivity contribution is 5.94. The molecule has 2 aliphatic heterocycles. The number of aryl methyl sites for hydroxylation is 1. The number of amides is 1. The molecule has 0 N–H and O–H groups in total. The quantitative estimate of drug-likeness (QED) is 0.745. The van der Waals surface area contributed by atoms with Crippen molar-refractivity contribution in [2.24, 2.45) is 5.92 Å². The molecule has 2 fully saturated rings. The highest BCUT2D eigenvalue weighted by Crippen LogP contribution is 2.24. The summed E-state index contributed by atoms with van der Waals surface area (Å²) in [4.78, 5) is 17.5. The van der Waals surface area contributed by atoms with Gasteiger partial charge >= 0.3 is 0 Å². The van der Waals surface area contributed by atoms with Crippen LogP contribution in [0.4, 0.5) is 0 Å². The molecule has 1 amide bonds. The van der Waals surface area contributed by atoms with Crippen molar-refractivity contribution in [3.63, 3.8) is 0 Å². The van der Waals surface area contributed by atoms with Crippen LogP contribution >= 0.6 is 0 Å². The van der Waals surface area contributed by atoms with Gasteiger partial charge in [0.15, 0.2) is 0 Å². The Morgan fingerprint density at radius 3 is 2.38 bits per heavy atom. The Morgan fingerprint density at radius 2 is 1.62 bits per heavy atom. The lowest BCUT2D eigenvalue weighted by Gasteiger charge is -2.32. The Bertz CT molecular complexity index is 778. The number of piperidine rings is 1. The summed E-state index contributed by atoms with van der Waals surface area (Å²) in [7, 11) is 0. The van der Waals surface area contributed by atoms with Crippen molar-refractivity contribution in [1.82, 2.24) is 9.80 Å². The van der Waals surface area contributed by atoms with Gasteiger partial charge in [0, 0.05) is 38.3 Å². The van der Waals surface area contributed by atoms with Gasteiger partial charge in [0.05, 0.1) is 13.2 Å². The van der Waals surface area contributed by atoms with E-state index in [9.17, 15) is 4.79 Å². The van der Waals surface area contributed by atoms with E-state index >= 15 is 0 Å². The highest BCUT2D eigenvalue weighted by atomic mass is 16.5. The molecule has 29 heavy (non-hydrogen) atoms. The average molecular weight is 393 g/mol. The van der Waals surface area contributed by atoms with Gasteiger partial charge in [0.1, 0.15) is 0 Å². The third-order valence-corrected chi connectivity index (χ3v) is 6.27. The second-order valence-corrected chi connectivity index (χ2v) is 8.35. The van der Waals surface area contributed by atoms with Crippen LogP contribution in [0.2, 0.25) is 0 Å². The van der Waals surface area contributed by atoms with Crippen molar-refractivity contribution in [3.05, 3.63) is 71.3 Å². The van der Waals surface area contributed by atoms with Crippen LogP contribution < -0.4 is 0 Å². The fraction of sp³-hybridized carbons (Fsp3) is 0.480. The molecular formula is C25H32N2O2. The van der Waals surface area contributed by atoms with Crippen molar-refractivity contribution < 1.29 is 9.53 Å². The smallest absolute Gasteiger partial charge is 0.253 e. The third kappa shape index (κ3) is 5.68. The summed E-state index contributed by atoms with van der Waals surface area (Å²) in [5.74, 6) is 0.919. The van der Waals surface area contributed by atoms with Crippen LogP contribution in [0.5, 0.6) is 0 Å². The monoisotopic (exact) mass is 392 g/mol. The van der Waals surface area contributed by atoms with Gasteiger partial charge in [0.2, 0.25) is 0 Å². The van der Waals surface area contributed by atoms with Gasteiger partial charge < -0.3 is 9.64 Å². The second-order valence-electron chi connectivity index (χ2n) is 8.35. The van der Waals surface area contributed by atoms with Gasteiger partial charge in [-0.15, -0.1) is 0 Å². The Morgan fingerprint density at radius 1 is 0.897 bits per heavy atom.